The molecule has 24 heavy (non-hydrogen) atoms. The second-order valence-electron chi connectivity index (χ2n) is 4.92. The highest BCUT2D eigenvalue weighted by Crippen LogP contribution is 2.13. The quantitative estimate of drug-likeness (QED) is 0.506. The zero-order valence-electron chi connectivity index (χ0n) is 12.8. The van der Waals surface area contributed by atoms with Crippen LogP contribution in [0.15, 0.2) is 35.2 Å². The van der Waals surface area contributed by atoms with Crippen molar-refractivity contribution in [2.24, 2.45) is 0 Å². The van der Waals surface area contributed by atoms with Crippen LogP contribution in [0.25, 0.3) is 10.2 Å². The SMILES string of the molecule is C=CCOCC(NC(=O)CCn1cnc2sccc2c1=O)C(=O)O. The van der Waals surface area contributed by atoms with Crippen molar-refractivity contribution < 1.29 is 19.4 Å². The molecule has 1 unspecified atom stereocenters. The van der Waals surface area contributed by atoms with Gasteiger partial charge >= 0.3 is 5.97 Å². The number of carbonyl (C=O) groups is 2. The molecule has 1 amide bonds. The van der Waals surface area contributed by atoms with Crippen LogP contribution in [0.4, 0.5) is 0 Å². The highest BCUT2D eigenvalue weighted by Gasteiger charge is 2.20. The molecule has 0 aliphatic heterocycles. The minimum Gasteiger partial charge on any atom is -0.480 e. The van der Waals surface area contributed by atoms with Gasteiger partial charge in [-0.1, -0.05) is 6.08 Å². The van der Waals surface area contributed by atoms with Crippen LogP contribution in [-0.2, 0) is 20.9 Å². The normalized spacial score (nSPS) is 12.0. The van der Waals surface area contributed by atoms with Gasteiger partial charge in [0.15, 0.2) is 6.04 Å². The third kappa shape index (κ3) is 4.49. The Bertz CT molecular complexity index is 798. The van der Waals surface area contributed by atoms with E-state index in [9.17, 15) is 14.4 Å². The Morgan fingerprint density at radius 2 is 2.33 bits per heavy atom. The van der Waals surface area contributed by atoms with Crippen molar-refractivity contribution in [3.8, 4) is 0 Å². The van der Waals surface area contributed by atoms with Gasteiger partial charge in [0, 0.05) is 13.0 Å². The van der Waals surface area contributed by atoms with Crippen molar-refractivity contribution in [1.82, 2.24) is 14.9 Å². The molecule has 2 N–H and O–H groups in total. The van der Waals surface area contributed by atoms with E-state index >= 15 is 0 Å². The summed E-state index contributed by atoms with van der Waals surface area (Å²) in [6.07, 6.45) is 2.83. The molecular formula is C15H17N3O5S. The predicted octanol–water partition coefficient (Wildman–Crippen LogP) is 0.620. The van der Waals surface area contributed by atoms with E-state index < -0.39 is 17.9 Å². The molecule has 1 atom stereocenters. The van der Waals surface area contributed by atoms with Crippen molar-refractivity contribution >= 4 is 33.4 Å². The number of carboxylic acids is 1. The second kappa shape index (κ2) is 8.37. The fourth-order valence-electron chi connectivity index (χ4n) is 1.98. The first kappa shape index (κ1) is 17.8. The zero-order chi connectivity index (χ0) is 17.5. The molecule has 0 bridgehead atoms. The second-order valence-corrected chi connectivity index (χ2v) is 5.81. The molecule has 0 radical (unpaired) electrons. The van der Waals surface area contributed by atoms with E-state index in [1.54, 1.807) is 11.4 Å². The summed E-state index contributed by atoms with van der Waals surface area (Å²) in [5.41, 5.74) is -0.224. The number of carbonyl (C=O) groups excluding carboxylic acids is 1. The van der Waals surface area contributed by atoms with Crippen LogP contribution >= 0.6 is 11.3 Å². The minimum absolute atomic E-state index is 0.0392. The lowest BCUT2D eigenvalue weighted by atomic mass is 10.3. The number of nitrogens with zero attached hydrogens (tertiary/aromatic N) is 2. The number of fused-ring (bicyclic) bond motifs is 1. The van der Waals surface area contributed by atoms with E-state index in [4.69, 9.17) is 9.84 Å². The van der Waals surface area contributed by atoms with E-state index in [0.717, 1.165) is 0 Å². The van der Waals surface area contributed by atoms with Crippen LogP contribution in [0, 0.1) is 0 Å². The maximum Gasteiger partial charge on any atom is 0.328 e. The van der Waals surface area contributed by atoms with Crippen LogP contribution in [-0.4, -0.2) is 45.8 Å². The van der Waals surface area contributed by atoms with Crippen molar-refractivity contribution in [3.63, 3.8) is 0 Å². The van der Waals surface area contributed by atoms with E-state index in [1.165, 1.54) is 28.3 Å². The minimum atomic E-state index is -1.19. The van der Waals surface area contributed by atoms with Gasteiger partial charge in [0.2, 0.25) is 5.91 Å². The third-order valence-electron chi connectivity index (χ3n) is 3.18. The number of rotatable bonds is 9. The lowest BCUT2D eigenvalue weighted by Gasteiger charge is -2.14. The smallest absolute Gasteiger partial charge is 0.328 e. The largest absolute Gasteiger partial charge is 0.480 e. The Kier molecular flexibility index (Phi) is 6.21. The number of aryl methyl sites for hydroxylation is 1. The maximum atomic E-state index is 12.2. The van der Waals surface area contributed by atoms with Gasteiger partial charge in [0.1, 0.15) is 4.83 Å². The average Bonchev–Trinajstić information content (AvgIpc) is 3.03. The van der Waals surface area contributed by atoms with Gasteiger partial charge in [-0.3, -0.25) is 14.2 Å². The van der Waals surface area contributed by atoms with Gasteiger partial charge in [-0.05, 0) is 11.4 Å². The summed E-state index contributed by atoms with van der Waals surface area (Å²) in [5, 5.41) is 13.7. The number of amides is 1. The Labute approximate surface area is 141 Å². The summed E-state index contributed by atoms with van der Waals surface area (Å²) >= 11 is 1.37. The number of hydrogen-bond donors (Lipinski definition) is 2. The van der Waals surface area contributed by atoms with E-state index in [0.29, 0.717) is 10.2 Å². The summed E-state index contributed by atoms with van der Waals surface area (Å²) in [6.45, 7) is 3.61. The summed E-state index contributed by atoms with van der Waals surface area (Å²) < 4.78 is 6.38. The number of aromatic nitrogens is 2. The molecule has 8 nitrogen and oxygen atoms in total. The van der Waals surface area contributed by atoms with Crippen LogP contribution in [0.1, 0.15) is 6.42 Å². The molecule has 128 valence electrons. The number of aliphatic carboxylic acids is 1. The average molecular weight is 351 g/mol. The molecule has 0 aromatic carbocycles. The molecule has 9 heteroatoms. The molecule has 2 aromatic rings. The van der Waals surface area contributed by atoms with E-state index in [1.807, 2.05) is 0 Å². The standard InChI is InChI=1S/C15H17N3O5S/c1-2-6-23-8-11(15(21)22)17-12(19)3-5-18-9-16-13-10(14(18)20)4-7-24-13/h2,4,7,9,11H,1,3,5-6,8H2,(H,17,19)(H,21,22). The molecule has 2 aromatic heterocycles. The summed E-state index contributed by atoms with van der Waals surface area (Å²) in [5.74, 6) is -1.67. The summed E-state index contributed by atoms with van der Waals surface area (Å²) in [4.78, 5) is 40.0. The first-order chi connectivity index (χ1) is 11.5. The molecule has 0 saturated carbocycles. The fraction of sp³-hybridized carbons (Fsp3) is 0.333. The molecule has 2 rings (SSSR count). The van der Waals surface area contributed by atoms with Crippen molar-refractivity contribution in [2.45, 2.75) is 19.0 Å². The van der Waals surface area contributed by atoms with Crippen LogP contribution in [0.2, 0.25) is 0 Å². The number of hydrogen-bond acceptors (Lipinski definition) is 6. The first-order valence-corrected chi connectivity index (χ1v) is 8.04. The Hall–Kier alpha value is -2.52. The zero-order valence-corrected chi connectivity index (χ0v) is 13.6. The Morgan fingerprint density at radius 1 is 1.54 bits per heavy atom. The van der Waals surface area contributed by atoms with Crippen molar-refractivity contribution in [3.05, 3.63) is 40.8 Å². The van der Waals surface area contributed by atoms with Gasteiger partial charge in [-0.25, -0.2) is 9.78 Å². The topological polar surface area (TPSA) is 111 Å². The van der Waals surface area contributed by atoms with E-state index in [-0.39, 0.29) is 31.7 Å². The van der Waals surface area contributed by atoms with Gasteiger partial charge in [0.25, 0.3) is 5.56 Å². The molecule has 0 spiro atoms. The lowest BCUT2D eigenvalue weighted by molar-refractivity contribution is -0.143. The van der Waals surface area contributed by atoms with Crippen LogP contribution < -0.4 is 10.9 Å². The van der Waals surface area contributed by atoms with Gasteiger partial charge in [-0.2, -0.15) is 0 Å². The maximum absolute atomic E-state index is 12.2. The molecule has 0 saturated heterocycles. The molecule has 0 aliphatic rings. The lowest BCUT2D eigenvalue weighted by Crippen LogP contribution is -2.44. The highest BCUT2D eigenvalue weighted by atomic mass is 32.1. The number of nitrogens with one attached hydrogen (secondary N) is 1. The van der Waals surface area contributed by atoms with Gasteiger partial charge < -0.3 is 15.2 Å². The van der Waals surface area contributed by atoms with E-state index in [2.05, 4.69) is 16.9 Å². The third-order valence-corrected chi connectivity index (χ3v) is 4.00. The van der Waals surface area contributed by atoms with Crippen LogP contribution in [0.3, 0.4) is 0 Å². The number of thiophene rings is 1. The van der Waals surface area contributed by atoms with Crippen molar-refractivity contribution in [1.29, 1.82) is 0 Å². The predicted molar refractivity (Wildman–Crippen MR) is 89.1 cm³/mol. The summed E-state index contributed by atoms with van der Waals surface area (Å²) in [6, 6.07) is 0.537. The molecule has 2 heterocycles. The fourth-order valence-corrected chi connectivity index (χ4v) is 2.71. The highest BCUT2D eigenvalue weighted by molar-refractivity contribution is 7.16. The Morgan fingerprint density at radius 3 is 3.04 bits per heavy atom. The van der Waals surface area contributed by atoms with Gasteiger partial charge in [0.05, 0.1) is 24.9 Å². The molecule has 0 aliphatic carbocycles. The monoisotopic (exact) mass is 351 g/mol. The molecular weight excluding hydrogens is 334 g/mol. The number of ether oxygens (including phenoxy) is 1. The van der Waals surface area contributed by atoms with Crippen LogP contribution in [0.5, 0.6) is 0 Å². The van der Waals surface area contributed by atoms with Crippen molar-refractivity contribution in [2.75, 3.05) is 13.2 Å². The number of carboxylic acid groups (broad SMARTS) is 1. The molecule has 0 fully saturated rings. The van der Waals surface area contributed by atoms with Gasteiger partial charge in [-0.15, -0.1) is 17.9 Å². The Balaban J connectivity index is 1.93. The summed E-state index contributed by atoms with van der Waals surface area (Å²) in [7, 11) is 0. The first-order valence-electron chi connectivity index (χ1n) is 7.16.